The minimum atomic E-state index is 0.0828. The molecule has 3 aromatic heterocycles. The number of hydrogen-bond acceptors (Lipinski definition) is 6. The van der Waals surface area contributed by atoms with Crippen molar-refractivity contribution in [2.45, 2.75) is 38.8 Å². The molecule has 0 radical (unpaired) electrons. The maximum absolute atomic E-state index is 5.26. The van der Waals surface area contributed by atoms with E-state index in [4.69, 9.17) is 4.74 Å². The van der Waals surface area contributed by atoms with Gasteiger partial charge in [-0.2, -0.15) is 5.10 Å². The summed E-state index contributed by atoms with van der Waals surface area (Å²) in [4.78, 5) is 12.9. The highest BCUT2D eigenvalue weighted by Crippen LogP contribution is 2.29. The molecule has 0 spiro atoms. The van der Waals surface area contributed by atoms with Crippen molar-refractivity contribution in [1.29, 1.82) is 0 Å². The molecule has 1 N–H and O–H groups in total. The highest BCUT2D eigenvalue weighted by molar-refractivity contribution is 5.87. The summed E-state index contributed by atoms with van der Waals surface area (Å²) in [6.07, 6.45) is 11.2. The van der Waals surface area contributed by atoms with Crippen molar-refractivity contribution in [3.63, 3.8) is 0 Å². The highest BCUT2D eigenvalue weighted by atomic mass is 16.5. The molecule has 0 amide bonds. The smallest absolute Gasteiger partial charge is 0.164 e. The zero-order valence-corrected chi connectivity index (χ0v) is 14.5. The summed E-state index contributed by atoms with van der Waals surface area (Å²) in [5, 5.41) is 8.79. The van der Waals surface area contributed by atoms with Gasteiger partial charge >= 0.3 is 0 Å². The Hall–Kier alpha value is -2.70. The number of methoxy groups -OCH3 is 1. The van der Waals surface area contributed by atoms with Gasteiger partial charge in [-0.1, -0.05) is 6.42 Å². The van der Waals surface area contributed by atoms with E-state index < -0.39 is 0 Å². The number of rotatable bonds is 6. The van der Waals surface area contributed by atoms with Crippen LogP contribution in [0, 0.1) is 5.92 Å². The van der Waals surface area contributed by atoms with E-state index in [2.05, 4.69) is 43.2 Å². The van der Waals surface area contributed by atoms with Crippen molar-refractivity contribution in [3.8, 4) is 5.75 Å². The van der Waals surface area contributed by atoms with Gasteiger partial charge in [0.05, 0.1) is 30.9 Å². The predicted molar refractivity (Wildman–Crippen MR) is 95.5 cm³/mol. The molecule has 1 aliphatic carbocycles. The first-order valence-electron chi connectivity index (χ1n) is 8.66. The Labute approximate surface area is 146 Å². The first-order chi connectivity index (χ1) is 12.2. The second-order valence-electron chi connectivity index (χ2n) is 6.63. The molecule has 0 bridgehead atoms. The topological polar surface area (TPSA) is 77.8 Å². The van der Waals surface area contributed by atoms with Crippen molar-refractivity contribution in [2.75, 3.05) is 12.4 Å². The zero-order chi connectivity index (χ0) is 17.2. The molecule has 1 atom stereocenters. The fraction of sp³-hybridized carbons (Fsp3) is 0.444. The Morgan fingerprint density at radius 2 is 2.16 bits per heavy atom. The van der Waals surface area contributed by atoms with Crippen LogP contribution in [0.4, 0.5) is 5.82 Å². The lowest BCUT2D eigenvalue weighted by molar-refractivity contribution is 0.266. The molecular weight excluding hydrogens is 316 g/mol. The van der Waals surface area contributed by atoms with Crippen molar-refractivity contribution in [3.05, 3.63) is 36.5 Å². The van der Waals surface area contributed by atoms with Crippen molar-refractivity contribution in [1.82, 2.24) is 24.7 Å². The second kappa shape index (κ2) is 6.66. The van der Waals surface area contributed by atoms with Crippen molar-refractivity contribution >= 4 is 16.9 Å². The Bertz CT molecular complexity index is 873. The molecule has 1 unspecified atom stereocenters. The first-order valence-corrected chi connectivity index (χ1v) is 8.66. The first kappa shape index (κ1) is 15.8. The SMILES string of the molecule is COc1cnc2ncnc(NC(C)c3cnn(CC4CCC4)c3)c2c1. The minimum absolute atomic E-state index is 0.0828. The van der Waals surface area contributed by atoms with Crippen LogP contribution in [0.2, 0.25) is 0 Å². The number of nitrogens with zero attached hydrogens (tertiary/aromatic N) is 5. The molecule has 1 fully saturated rings. The van der Waals surface area contributed by atoms with Crippen LogP contribution in [0.3, 0.4) is 0 Å². The monoisotopic (exact) mass is 338 g/mol. The van der Waals surface area contributed by atoms with Crippen LogP contribution in [0.1, 0.15) is 37.8 Å². The molecule has 3 heterocycles. The van der Waals surface area contributed by atoms with E-state index in [1.54, 1.807) is 13.3 Å². The number of ether oxygens (including phenoxy) is 1. The molecule has 7 nitrogen and oxygen atoms in total. The molecule has 1 saturated carbocycles. The largest absolute Gasteiger partial charge is 0.495 e. The Morgan fingerprint density at radius 1 is 1.28 bits per heavy atom. The maximum atomic E-state index is 5.26. The predicted octanol–water partition coefficient (Wildman–Crippen LogP) is 3.20. The number of aromatic nitrogens is 5. The van der Waals surface area contributed by atoms with Crippen LogP contribution >= 0.6 is 0 Å². The second-order valence-corrected chi connectivity index (χ2v) is 6.63. The normalized spacial score (nSPS) is 15.8. The summed E-state index contributed by atoms with van der Waals surface area (Å²) < 4.78 is 7.32. The number of fused-ring (bicyclic) bond motifs is 1. The van der Waals surface area contributed by atoms with Gasteiger partial charge in [0, 0.05) is 18.3 Å². The summed E-state index contributed by atoms with van der Waals surface area (Å²) >= 11 is 0. The van der Waals surface area contributed by atoms with Crippen LogP contribution in [0.5, 0.6) is 5.75 Å². The summed E-state index contributed by atoms with van der Waals surface area (Å²) in [6, 6.07) is 1.98. The molecule has 25 heavy (non-hydrogen) atoms. The summed E-state index contributed by atoms with van der Waals surface area (Å²) in [6.45, 7) is 3.12. The van der Waals surface area contributed by atoms with Gasteiger partial charge < -0.3 is 10.1 Å². The van der Waals surface area contributed by atoms with Crippen LogP contribution in [-0.4, -0.2) is 31.8 Å². The van der Waals surface area contributed by atoms with E-state index in [9.17, 15) is 0 Å². The third kappa shape index (κ3) is 3.26. The summed E-state index contributed by atoms with van der Waals surface area (Å²) in [7, 11) is 1.62. The van der Waals surface area contributed by atoms with Gasteiger partial charge in [-0.15, -0.1) is 0 Å². The van der Waals surface area contributed by atoms with Crippen LogP contribution < -0.4 is 10.1 Å². The van der Waals surface area contributed by atoms with Crippen LogP contribution in [-0.2, 0) is 6.54 Å². The van der Waals surface area contributed by atoms with Gasteiger partial charge in [0.15, 0.2) is 5.65 Å². The number of pyridine rings is 1. The lowest BCUT2D eigenvalue weighted by Gasteiger charge is -2.24. The van der Waals surface area contributed by atoms with Gasteiger partial charge in [0.25, 0.3) is 0 Å². The Morgan fingerprint density at radius 3 is 2.92 bits per heavy atom. The summed E-state index contributed by atoms with van der Waals surface area (Å²) in [5.41, 5.74) is 1.79. The minimum Gasteiger partial charge on any atom is -0.495 e. The maximum Gasteiger partial charge on any atom is 0.164 e. The number of nitrogens with one attached hydrogen (secondary N) is 1. The fourth-order valence-electron chi connectivity index (χ4n) is 3.08. The molecular formula is C18H22N6O. The summed E-state index contributed by atoms with van der Waals surface area (Å²) in [5.74, 6) is 2.22. The third-order valence-electron chi connectivity index (χ3n) is 4.88. The van der Waals surface area contributed by atoms with E-state index in [0.29, 0.717) is 11.4 Å². The average Bonchev–Trinajstić information content (AvgIpc) is 3.07. The molecule has 130 valence electrons. The molecule has 1 aliphatic rings. The van der Waals surface area contributed by atoms with E-state index in [-0.39, 0.29) is 6.04 Å². The number of hydrogen-bond donors (Lipinski definition) is 1. The average molecular weight is 338 g/mol. The van der Waals surface area contributed by atoms with Crippen molar-refractivity contribution in [2.24, 2.45) is 5.92 Å². The molecule has 0 aromatic carbocycles. The van der Waals surface area contributed by atoms with Gasteiger partial charge in [-0.25, -0.2) is 15.0 Å². The Kier molecular flexibility index (Phi) is 4.21. The molecule has 7 heteroatoms. The van der Waals surface area contributed by atoms with Gasteiger partial charge in [-0.05, 0) is 31.7 Å². The van der Waals surface area contributed by atoms with E-state index in [1.807, 2.05) is 12.3 Å². The van der Waals surface area contributed by atoms with E-state index in [0.717, 1.165) is 29.2 Å². The lowest BCUT2D eigenvalue weighted by Crippen LogP contribution is -2.18. The molecule has 0 saturated heterocycles. The lowest BCUT2D eigenvalue weighted by atomic mass is 9.85. The van der Waals surface area contributed by atoms with Gasteiger partial charge in [0.1, 0.15) is 17.9 Å². The molecule has 3 aromatic rings. The van der Waals surface area contributed by atoms with Gasteiger partial charge in [-0.3, -0.25) is 4.68 Å². The van der Waals surface area contributed by atoms with Crippen LogP contribution in [0.25, 0.3) is 11.0 Å². The number of anilines is 1. The highest BCUT2D eigenvalue weighted by Gasteiger charge is 2.19. The molecule has 4 rings (SSSR count). The van der Waals surface area contributed by atoms with Crippen LogP contribution in [0.15, 0.2) is 31.0 Å². The Balaban J connectivity index is 1.54. The standard InChI is InChI=1S/C18H22N6O/c1-12(14-7-22-24(10-14)9-13-4-3-5-13)23-18-16-6-15(25-2)8-19-17(16)20-11-21-18/h6-8,10-13H,3-5,9H2,1-2H3,(H,19,20,21,23). The fourth-order valence-corrected chi connectivity index (χ4v) is 3.08. The zero-order valence-electron chi connectivity index (χ0n) is 14.5. The third-order valence-corrected chi connectivity index (χ3v) is 4.88. The van der Waals surface area contributed by atoms with Gasteiger partial charge in [0.2, 0.25) is 0 Å². The van der Waals surface area contributed by atoms with E-state index >= 15 is 0 Å². The van der Waals surface area contributed by atoms with E-state index in [1.165, 1.54) is 25.6 Å². The quantitative estimate of drug-likeness (QED) is 0.743. The van der Waals surface area contributed by atoms with Crippen molar-refractivity contribution < 1.29 is 4.74 Å². The molecule has 0 aliphatic heterocycles.